The molecule has 0 saturated heterocycles. The van der Waals surface area contributed by atoms with E-state index in [0.717, 1.165) is 11.3 Å². The molecule has 1 N–H and O–H groups in total. The first-order chi connectivity index (χ1) is 7.19. The number of anilines is 1. The normalized spacial score (nSPS) is 9.73. The summed E-state index contributed by atoms with van der Waals surface area (Å²) in [7, 11) is 1.64. The van der Waals surface area contributed by atoms with E-state index in [1.165, 1.54) is 0 Å². The van der Waals surface area contributed by atoms with Crippen LogP contribution in [0.25, 0.3) is 0 Å². The van der Waals surface area contributed by atoms with Crippen LogP contribution >= 0.6 is 0 Å². The minimum atomic E-state index is 0.597. The van der Waals surface area contributed by atoms with Gasteiger partial charge < -0.3 is 10.1 Å². The monoisotopic (exact) mass is 205 g/mol. The maximum atomic E-state index is 8.99. The summed E-state index contributed by atoms with van der Waals surface area (Å²) in [5.41, 5.74) is 2.47. The number of nitrogens with zero attached hydrogens (tertiary/aromatic N) is 2. The van der Waals surface area contributed by atoms with Crippen LogP contribution in [0.15, 0.2) is 6.07 Å². The first-order valence-corrected chi connectivity index (χ1v) is 4.80. The fourth-order valence-corrected chi connectivity index (χ4v) is 1.38. The molecule has 4 nitrogen and oxygen atoms in total. The van der Waals surface area contributed by atoms with Gasteiger partial charge in [0.15, 0.2) is 0 Å². The highest BCUT2D eigenvalue weighted by molar-refractivity contribution is 5.56. The van der Waals surface area contributed by atoms with Crippen LogP contribution in [0.5, 0.6) is 0 Å². The lowest BCUT2D eigenvalue weighted by atomic mass is 10.1. The molecule has 0 amide bonds. The van der Waals surface area contributed by atoms with Gasteiger partial charge in [0.2, 0.25) is 0 Å². The van der Waals surface area contributed by atoms with Crippen LogP contribution < -0.4 is 5.32 Å². The smallest absolute Gasteiger partial charge is 0.144 e. The predicted octanol–water partition coefficient (Wildman–Crippen LogP) is 1.63. The molecular weight excluding hydrogens is 190 g/mol. The van der Waals surface area contributed by atoms with Crippen LogP contribution in [0.4, 0.5) is 5.82 Å². The highest BCUT2D eigenvalue weighted by Crippen LogP contribution is 2.16. The number of nitrogens with one attached hydrogen (secondary N) is 1. The summed E-state index contributed by atoms with van der Waals surface area (Å²) in [4.78, 5) is 4.29. The fraction of sp³-hybridized carbons (Fsp3) is 0.455. The van der Waals surface area contributed by atoms with Gasteiger partial charge in [-0.15, -0.1) is 0 Å². The number of hydrogen-bond donors (Lipinski definition) is 1. The Kier molecular flexibility index (Phi) is 4.07. The van der Waals surface area contributed by atoms with Crippen LogP contribution in [0.1, 0.15) is 16.8 Å². The van der Waals surface area contributed by atoms with Crippen LogP contribution in [-0.2, 0) is 4.74 Å². The predicted molar refractivity (Wildman–Crippen MR) is 58.8 cm³/mol. The molecule has 0 aliphatic rings. The van der Waals surface area contributed by atoms with Crippen molar-refractivity contribution in [1.29, 1.82) is 5.26 Å². The van der Waals surface area contributed by atoms with Gasteiger partial charge in [-0.2, -0.15) is 5.26 Å². The molecule has 0 spiro atoms. The summed E-state index contributed by atoms with van der Waals surface area (Å²) in [6.07, 6.45) is 0. The zero-order valence-electron chi connectivity index (χ0n) is 9.29. The molecule has 80 valence electrons. The van der Waals surface area contributed by atoms with Gasteiger partial charge in [0.1, 0.15) is 11.9 Å². The SMILES string of the molecule is COCCNc1nc(C)cc(C)c1C#N. The molecule has 0 aliphatic heterocycles. The lowest BCUT2D eigenvalue weighted by Gasteiger charge is -2.09. The topological polar surface area (TPSA) is 57.9 Å². The number of pyridine rings is 1. The standard InChI is InChI=1S/C11H15N3O/c1-8-6-9(2)14-11(10(8)7-12)13-4-5-15-3/h6H,4-5H2,1-3H3,(H,13,14). The van der Waals surface area contributed by atoms with Gasteiger partial charge >= 0.3 is 0 Å². The zero-order valence-corrected chi connectivity index (χ0v) is 9.29. The van der Waals surface area contributed by atoms with Gasteiger partial charge in [0.05, 0.1) is 12.2 Å². The molecule has 0 unspecified atom stereocenters. The van der Waals surface area contributed by atoms with E-state index in [9.17, 15) is 0 Å². The average Bonchev–Trinajstić information content (AvgIpc) is 2.17. The Bertz CT molecular complexity index is 382. The molecule has 15 heavy (non-hydrogen) atoms. The third-order valence-corrected chi connectivity index (χ3v) is 2.06. The minimum Gasteiger partial charge on any atom is -0.383 e. The number of aromatic nitrogens is 1. The first-order valence-electron chi connectivity index (χ1n) is 4.80. The summed E-state index contributed by atoms with van der Waals surface area (Å²) in [6.45, 7) is 5.07. The molecule has 1 heterocycles. The van der Waals surface area contributed by atoms with E-state index in [1.807, 2.05) is 19.9 Å². The molecule has 1 aromatic rings. The van der Waals surface area contributed by atoms with E-state index < -0.39 is 0 Å². The maximum Gasteiger partial charge on any atom is 0.144 e. The molecule has 4 heteroatoms. The van der Waals surface area contributed by atoms with E-state index in [4.69, 9.17) is 10.00 Å². The first kappa shape index (κ1) is 11.5. The number of rotatable bonds is 4. The van der Waals surface area contributed by atoms with Crippen molar-refractivity contribution in [2.45, 2.75) is 13.8 Å². The van der Waals surface area contributed by atoms with Crippen molar-refractivity contribution in [1.82, 2.24) is 4.98 Å². The molecule has 0 atom stereocenters. The molecule has 0 bridgehead atoms. The van der Waals surface area contributed by atoms with Crippen LogP contribution in [0.2, 0.25) is 0 Å². The Morgan fingerprint density at radius 1 is 1.53 bits per heavy atom. The minimum absolute atomic E-state index is 0.597. The molecule has 0 fully saturated rings. The number of aryl methyl sites for hydroxylation is 2. The van der Waals surface area contributed by atoms with E-state index in [2.05, 4.69) is 16.4 Å². The molecule has 0 aromatic carbocycles. The van der Waals surface area contributed by atoms with Gasteiger partial charge in [-0.1, -0.05) is 0 Å². The van der Waals surface area contributed by atoms with Crippen LogP contribution in [-0.4, -0.2) is 25.2 Å². The van der Waals surface area contributed by atoms with E-state index >= 15 is 0 Å². The van der Waals surface area contributed by atoms with Gasteiger partial charge in [-0.3, -0.25) is 0 Å². The van der Waals surface area contributed by atoms with Crippen molar-refractivity contribution in [3.63, 3.8) is 0 Å². The molecule has 1 rings (SSSR count). The maximum absolute atomic E-state index is 8.99. The molecule has 0 saturated carbocycles. The summed E-state index contributed by atoms with van der Waals surface area (Å²) < 4.78 is 4.92. The summed E-state index contributed by atoms with van der Waals surface area (Å²) >= 11 is 0. The van der Waals surface area contributed by atoms with Gasteiger partial charge in [-0.25, -0.2) is 4.98 Å². The largest absolute Gasteiger partial charge is 0.383 e. The summed E-state index contributed by atoms with van der Waals surface area (Å²) in [6, 6.07) is 4.06. The molecule has 0 radical (unpaired) electrons. The average molecular weight is 205 g/mol. The second-order valence-corrected chi connectivity index (χ2v) is 3.34. The molecule has 0 aliphatic carbocycles. The quantitative estimate of drug-likeness (QED) is 0.759. The zero-order chi connectivity index (χ0) is 11.3. The number of nitriles is 1. The van der Waals surface area contributed by atoms with Crippen molar-refractivity contribution < 1.29 is 4.74 Å². The lowest BCUT2D eigenvalue weighted by Crippen LogP contribution is -2.11. The van der Waals surface area contributed by atoms with Crippen molar-refractivity contribution in [2.75, 3.05) is 25.6 Å². The van der Waals surface area contributed by atoms with Crippen molar-refractivity contribution in [3.05, 3.63) is 22.9 Å². The van der Waals surface area contributed by atoms with Crippen molar-refractivity contribution in [3.8, 4) is 6.07 Å². The third-order valence-electron chi connectivity index (χ3n) is 2.06. The Labute approximate surface area is 89.9 Å². The van der Waals surface area contributed by atoms with Crippen molar-refractivity contribution in [2.24, 2.45) is 0 Å². The van der Waals surface area contributed by atoms with E-state index in [0.29, 0.717) is 24.5 Å². The lowest BCUT2D eigenvalue weighted by molar-refractivity contribution is 0.210. The Morgan fingerprint density at radius 2 is 2.27 bits per heavy atom. The Morgan fingerprint density at radius 3 is 2.87 bits per heavy atom. The van der Waals surface area contributed by atoms with E-state index in [1.54, 1.807) is 7.11 Å². The number of ether oxygens (including phenoxy) is 1. The fourth-order valence-electron chi connectivity index (χ4n) is 1.38. The Hall–Kier alpha value is -1.60. The van der Waals surface area contributed by atoms with Crippen LogP contribution in [0, 0.1) is 25.2 Å². The second-order valence-electron chi connectivity index (χ2n) is 3.34. The summed E-state index contributed by atoms with van der Waals surface area (Å²) in [5, 5.41) is 12.1. The summed E-state index contributed by atoms with van der Waals surface area (Å²) in [5.74, 6) is 0.645. The highest BCUT2D eigenvalue weighted by atomic mass is 16.5. The van der Waals surface area contributed by atoms with Gasteiger partial charge in [-0.05, 0) is 25.5 Å². The molecular formula is C11H15N3O. The van der Waals surface area contributed by atoms with Crippen molar-refractivity contribution >= 4 is 5.82 Å². The second kappa shape index (κ2) is 5.32. The van der Waals surface area contributed by atoms with E-state index in [-0.39, 0.29) is 0 Å². The van der Waals surface area contributed by atoms with Gasteiger partial charge in [0.25, 0.3) is 0 Å². The van der Waals surface area contributed by atoms with Gasteiger partial charge in [0, 0.05) is 19.3 Å². The third kappa shape index (κ3) is 2.93. The Balaban J connectivity index is 2.90. The number of hydrogen-bond acceptors (Lipinski definition) is 4. The molecule has 1 aromatic heterocycles. The number of methoxy groups -OCH3 is 1. The highest BCUT2D eigenvalue weighted by Gasteiger charge is 2.07. The van der Waals surface area contributed by atoms with Crippen LogP contribution in [0.3, 0.4) is 0 Å².